The van der Waals surface area contributed by atoms with Crippen molar-refractivity contribution in [2.45, 2.75) is 19.8 Å². The number of hydrogen-bond acceptors (Lipinski definition) is 5. The lowest BCUT2D eigenvalue weighted by Gasteiger charge is -2.30. The number of imidazole rings is 1. The first-order valence-corrected chi connectivity index (χ1v) is 11.6. The average molecular weight is 470 g/mol. The number of nitrogens with one attached hydrogen (secondary N) is 1. The zero-order valence-electron chi connectivity index (χ0n) is 17.4. The maximum atomic E-state index is 13.2. The fraction of sp³-hybridized carbons (Fsp3) is 0.261. The molecule has 1 amide bonds. The molecule has 9 heteroatoms. The van der Waals surface area contributed by atoms with E-state index >= 15 is 0 Å². The van der Waals surface area contributed by atoms with Gasteiger partial charge in [-0.1, -0.05) is 29.0 Å². The van der Waals surface area contributed by atoms with Gasteiger partial charge in [0.25, 0.3) is 0 Å². The molecule has 4 aromatic rings. The van der Waals surface area contributed by atoms with Crippen molar-refractivity contribution in [2.24, 2.45) is 5.92 Å². The number of benzene rings is 2. The first kappa shape index (κ1) is 20.9. The highest BCUT2D eigenvalue weighted by Crippen LogP contribution is 2.30. The Balaban J connectivity index is 1.23. The van der Waals surface area contributed by atoms with Gasteiger partial charge < -0.3 is 10.2 Å². The summed E-state index contributed by atoms with van der Waals surface area (Å²) in [4.78, 5) is 20.4. The Labute approximate surface area is 193 Å². The summed E-state index contributed by atoms with van der Waals surface area (Å²) in [5.74, 6) is -0.276. The molecule has 5 rings (SSSR count). The van der Waals surface area contributed by atoms with Gasteiger partial charge >= 0.3 is 0 Å². The van der Waals surface area contributed by atoms with Crippen molar-refractivity contribution in [3.05, 3.63) is 65.1 Å². The van der Waals surface area contributed by atoms with Gasteiger partial charge in [0.05, 0.1) is 11.9 Å². The zero-order chi connectivity index (χ0) is 22.2. The Morgan fingerprint density at radius 2 is 1.94 bits per heavy atom. The van der Waals surface area contributed by atoms with Crippen LogP contribution in [-0.4, -0.2) is 33.6 Å². The minimum atomic E-state index is -0.269. The second-order valence-electron chi connectivity index (χ2n) is 7.91. The van der Waals surface area contributed by atoms with Gasteiger partial charge in [0.15, 0.2) is 0 Å². The summed E-state index contributed by atoms with van der Waals surface area (Å²) in [7, 11) is 0. The lowest BCUT2D eigenvalue weighted by molar-refractivity contribution is -0.120. The van der Waals surface area contributed by atoms with Crippen LogP contribution in [0.5, 0.6) is 0 Å². The molecule has 0 spiro atoms. The molecule has 0 bridgehead atoms. The van der Waals surface area contributed by atoms with E-state index in [1.165, 1.54) is 23.5 Å². The topological polar surface area (TPSA) is 62.5 Å². The van der Waals surface area contributed by atoms with Crippen LogP contribution in [0.4, 0.5) is 15.2 Å². The summed E-state index contributed by atoms with van der Waals surface area (Å²) >= 11 is 7.67. The quantitative estimate of drug-likeness (QED) is 0.434. The van der Waals surface area contributed by atoms with Crippen LogP contribution in [0.1, 0.15) is 18.4 Å². The third kappa shape index (κ3) is 4.08. The third-order valence-electron chi connectivity index (χ3n) is 5.83. The summed E-state index contributed by atoms with van der Waals surface area (Å²) in [6.45, 7) is 3.42. The highest BCUT2D eigenvalue weighted by Gasteiger charge is 2.27. The fourth-order valence-electron chi connectivity index (χ4n) is 3.89. The van der Waals surface area contributed by atoms with E-state index in [2.05, 4.69) is 20.3 Å². The molecule has 2 aromatic heterocycles. The summed E-state index contributed by atoms with van der Waals surface area (Å²) < 4.78 is 14.9. The van der Waals surface area contributed by atoms with Crippen LogP contribution in [0.3, 0.4) is 0 Å². The summed E-state index contributed by atoms with van der Waals surface area (Å²) in [6, 6.07) is 11.8. The predicted octanol–water partition coefficient (Wildman–Crippen LogP) is 5.41. The van der Waals surface area contributed by atoms with E-state index in [0.717, 1.165) is 58.5 Å². The molecule has 1 N–H and O–H groups in total. The van der Waals surface area contributed by atoms with Crippen molar-refractivity contribution >= 4 is 44.6 Å². The number of carbonyl (C=O) groups excluding carboxylic acids is 1. The molecule has 0 radical (unpaired) electrons. The maximum absolute atomic E-state index is 13.2. The van der Waals surface area contributed by atoms with Gasteiger partial charge in [-0.25, -0.2) is 13.9 Å². The van der Waals surface area contributed by atoms with Gasteiger partial charge in [0.1, 0.15) is 5.82 Å². The number of amides is 1. The number of nitrogens with zero attached hydrogens (tertiary/aromatic N) is 4. The standard InChI is InChI=1S/C23H21ClFN5OS/c1-14-18(24)3-2-4-19(14)26-21(31)16-9-11-29(12-10-16)23-28-30-13-20(27-22(30)32-23)15-5-7-17(25)8-6-15/h2-8,13,16H,9-12H2,1H3,(H,26,31). The molecule has 32 heavy (non-hydrogen) atoms. The molecule has 1 aliphatic rings. The second-order valence-corrected chi connectivity index (χ2v) is 9.25. The van der Waals surface area contributed by atoms with Crippen LogP contribution in [0.15, 0.2) is 48.7 Å². The number of fused-ring (bicyclic) bond motifs is 1. The molecule has 0 unspecified atom stereocenters. The maximum Gasteiger partial charge on any atom is 0.227 e. The van der Waals surface area contributed by atoms with Crippen LogP contribution in [0, 0.1) is 18.7 Å². The van der Waals surface area contributed by atoms with E-state index < -0.39 is 0 Å². The Kier molecular flexibility index (Phi) is 5.57. The van der Waals surface area contributed by atoms with Crippen molar-refractivity contribution in [3.63, 3.8) is 0 Å². The lowest BCUT2D eigenvalue weighted by atomic mass is 9.96. The van der Waals surface area contributed by atoms with E-state index in [-0.39, 0.29) is 17.6 Å². The molecule has 3 heterocycles. The monoisotopic (exact) mass is 469 g/mol. The number of halogens is 2. The van der Waals surface area contributed by atoms with E-state index in [1.54, 1.807) is 16.6 Å². The fourth-order valence-corrected chi connectivity index (χ4v) is 5.00. The van der Waals surface area contributed by atoms with Crippen LogP contribution in [0.2, 0.25) is 5.02 Å². The Morgan fingerprint density at radius 1 is 1.19 bits per heavy atom. The molecule has 0 aliphatic carbocycles. The highest BCUT2D eigenvalue weighted by atomic mass is 35.5. The number of hydrogen-bond donors (Lipinski definition) is 1. The molecule has 1 aliphatic heterocycles. The van der Waals surface area contributed by atoms with Gasteiger partial charge in [-0.2, -0.15) is 0 Å². The number of piperidine rings is 1. The van der Waals surface area contributed by atoms with Crippen molar-refractivity contribution in [2.75, 3.05) is 23.3 Å². The first-order chi connectivity index (χ1) is 15.5. The van der Waals surface area contributed by atoms with Crippen molar-refractivity contribution < 1.29 is 9.18 Å². The first-order valence-electron chi connectivity index (χ1n) is 10.4. The van der Waals surface area contributed by atoms with Gasteiger partial charge in [-0.3, -0.25) is 4.79 Å². The van der Waals surface area contributed by atoms with Crippen molar-refractivity contribution in [3.8, 4) is 11.3 Å². The Hall–Kier alpha value is -2.97. The second kappa shape index (κ2) is 8.52. The molecule has 1 saturated heterocycles. The SMILES string of the molecule is Cc1c(Cl)cccc1NC(=O)C1CCN(c2nn3cc(-c4ccc(F)cc4)nc3s2)CC1. The van der Waals surface area contributed by atoms with Crippen LogP contribution in [-0.2, 0) is 4.79 Å². The van der Waals surface area contributed by atoms with Gasteiger partial charge in [0.2, 0.25) is 16.0 Å². The molecule has 0 atom stereocenters. The van der Waals surface area contributed by atoms with E-state index in [9.17, 15) is 9.18 Å². The van der Waals surface area contributed by atoms with Crippen molar-refractivity contribution in [1.29, 1.82) is 0 Å². The third-order valence-corrected chi connectivity index (χ3v) is 7.23. The Morgan fingerprint density at radius 3 is 2.66 bits per heavy atom. The number of aromatic nitrogens is 3. The van der Waals surface area contributed by atoms with E-state index in [0.29, 0.717) is 5.02 Å². The zero-order valence-corrected chi connectivity index (χ0v) is 19.0. The van der Waals surface area contributed by atoms with E-state index in [1.807, 2.05) is 31.3 Å². The molecule has 164 valence electrons. The molecular weight excluding hydrogens is 449 g/mol. The smallest absolute Gasteiger partial charge is 0.227 e. The summed E-state index contributed by atoms with van der Waals surface area (Å²) in [5, 5.41) is 9.23. The number of rotatable bonds is 4. The van der Waals surface area contributed by atoms with Crippen LogP contribution >= 0.6 is 22.9 Å². The van der Waals surface area contributed by atoms with Gasteiger partial charge in [-0.05, 0) is 61.7 Å². The largest absolute Gasteiger partial charge is 0.347 e. The molecule has 2 aromatic carbocycles. The van der Waals surface area contributed by atoms with Gasteiger partial charge in [0, 0.05) is 35.3 Å². The van der Waals surface area contributed by atoms with Crippen molar-refractivity contribution in [1.82, 2.24) is 14.6 Å². The number of carbonyl (C=O) groups is 1. The summed E-state index contributed by atoms with van der Waals surface area (Å²) in [6.07, 6.45) is 3.37. The van der Waals surface area contributed by atoms with E-state index in [4.69, 9.17) is 11.6 Å². The van der Waals surface area contributed by atoms with Crippen LogP contribution in [0.25, 0.3) is 16.2 Å². The molecule has 0 saturated carbocycles. The highest BCUT2D eigenvalue weighted by molar-refractivity contribution is 7.20. The molecular formula is C23H21ClFN5OS. The summed E-state index contributed by atoms with van der Waals surface area (Å²) in [5.41, 5.74) is 3.27. The van der Waals surface area contributed by atoms with Gasteiger partial charge in [-0.15, -0.1) is 5.10 Å². The Bertz CT molecular complexity index is 1250. The normalized spacial score (nSPS) is 14.8. The minimum Gasteiger partial charge on any atom is -0.347 e. The van der Waals surface area contributed by atoms with Crippen LogP contribution < -0.4 is 10.2 Å². The molecule has 1 fully saturated rings. The predicted molar refractivity (Wildman–Crippen MR) is 126 cm³/mol. The average Bonchev–Trinajstić information content (AvgIpc) is 3.37. The number of anilines is 2. The minimum absolute atomic E-state index is 0.0351. The lowest BCUT2D eigenvalue weighted by Crippen LogP contribution is -2.38. The molecule has 6 nitrogen and oxygen atoms in total.